The summed E-state index contributed by atoms with van der Waals surface area (Å²) < 4.78 is 9.80. The van der Waals surface area contributed by atoms with Crippen LogP contribution in [0.1, 0.15) is 34.1 Å². The highest BCUT2D eigenvalue weighted by atomic mass is 15.0. The molecule has 0 N–H and O–H groups in total. The zero-order chi connectivity index (χ0) is 42.6. The van der Waals surface area contributed by atoms with Gasteiger partial charge in [0.25, 0.3) is 0 Å². The molecule has 0 spiro atoms. The second-order valence-electron chi connectivity index (χ2n) is 15.6. The number of para-hydroxylation sites is 6. The molecule has 0 unspecified atom stereocenters. The molecule has 0 aliphatic heterocycles. The van der Waals surface area contributed by atoms with Crippen molar-refractivity contribution >= 4 is 98.6 Å². The molecule has 63 heavy (non-hydrogen) atoms. The van der Waals surface area contributed by atoms with Gasteiger partial charge < -0.3 is 18.3 Å². The van der Waals surface area contributed by atoms with E-state index in [9.17, 15) is 0 Å². The summed E-state index contributed by atoms with van der Waals surface area (Å²) in [5.41, 5.74) is 14.5. The first-order valence-electron chi connectivity index (χ1n) is 22.4. The average molecular weight is 813 g/mol. The van der Waals surface area contributed by atoms with Gasteiger partial charge in [-0.25, -0.2) is 0 Å². The van der Waals surface area contributed by atoms with Gasteiger partial charge in [0.1, 0.15) is 0 Å². The van der Waals surface area contributed by atoms with Gasteiger partial charge >= 0.3 is 0 Å². The number of aromatic nitrogens is 4. The maximum Gasteiger partial charge on any atom is 0.0548 e. The Balaban J connectivity index is 0.00000108. The third kappa shape index (κ3) is 5.68. The number of allylic oxidation sites excluding steroid dienone is 6. The predicted molar refractivity (Wildman–Crippen MR) is 273 cm³/mol. The largest absolute Gasteiger partial charge is 0.313 e. The molecule has 8 aromatic carbocycles. The lowest BCUT2D eigenvalue weighted by molar-refractivity contribution is 1.13. The number of hydrogen-bond acceptors (Lipinski definition) is 0. The molecule has 0 saturated carbocycles. The van der Waals surface area contributed by atoms with Gasteiger partial charge in [-0.1, -0.05) is 149 Å². The monoisotopic (exact) mass is 812 g/mol. The van der Waals surface area contributed by atoms with Crippen molar-refractivity contribution in [1.82, 2.24) is 18.3 Å². The Kier molecular flexibility index (Phi) is 9.43. The lowest BCUT2D eigenvalue weighted by Crippen LogP contribution is -1.97. The molecule has 0 saturated heterocycles. The number of fused-ring (bicyclic) bond motifs is 14. The van der Waals surface area contributed by atoms with E-state index < -0.39 is 0 Å². The van der Waals surface area contributed by atoms with E-state index in [1.165, 1.54) is 110 Å². The molecule has 0 atom stereocenters. The van der Waals surface area contributed by atoms with Crippen LogP contribution >= 0.6 is 0 Å². The molecule has 304 valence electrons. The highest BCUT2D eigenvalue weighted by Gasteiger charge is 2.23. The van der Waals surface area contributed by atoms with Crippen LogP contribution in [0, 0.1) is 0 Å². The number of hydrogen-bond donors (Lipinski definition) is 0. The number of benzene rings is 8. The molecule has 4 aromatic heterocycles. The van der Waals surface area contributed by atoms with Crippen LogP contribution in [0.5, 0.6) is 0 Å². The normalized spacial score (nSPS) is 12.8. The molecule has 4 nitrogen and oxygen atoms in total. The van der Waals surface area contributed by atoms with Crippen molar-refractivity contribution in [1.29, 1.82) is 0 Å². The first-order valence-corrected chi connectivity index (χ1v) is 22.4. The maximum atomic E-state index is 2.50. The van der Waals surface area contributed by atoms with Crippen molar-refractivity contribution in [3.63, 3.8) is 0 Å². The van der Waals surface area contributed by atoms with Crippen LogP contribution in [-0.2, 0) is 0 Å². The average Bonchev–Trinajstić information content (AvgIpc) is 4.03. The van der Waals surface area contributed by atoms with Crippen LogP contribution < -0.4 is 0 Å². The van der Waals surface area contributed by atoms with E-state index in [-0.39, 0.29) is 0 Å². The SMILES string of the molecule is C1=CC(n2c3ccccc3c3c4c5ccccc5n(-c5ccccc5)c4ccc32)=CCC(n2c3ccccc3c3c4c5ccccc5n(-c5ccccc5)c4ccc32)=C1.CC.CC. The molecule has 0 amide bonds. The molecule has 1 aliphatic carbocycles. The van der Waals surface area contributed by atoms with E-state index in [1.54, 1.807) is 0 Å². The van der Waals surface area contributed by atoms with Crippen molar-refractivity contribution in [3.8, 4) is 11.4 Å². The topological polar surface area (TPSA) is 19.7 Å². The Labute approximate surface area is 367 Å². The van der Waals surface area contributed by atoms with Crippen LogP contribution in [0.15, 0.2) is 206 Å². The van der Waals surface area contributed by atoms with E-state index >= 15 is 0 Å². The van der Waals surface area contributed by atoms with Gasteiger partial charge in [0.2, 0.25) is 0 Å². The second-order valence-corrected chi connectivity index (χ2v) is 15.6. The minimum Gasteiger partial charge on any atom is -0.313 e. The van der Waals surface area contributed by atoms with E-state index in [1.807, 2.05) is 27.7 Å². The number of nitrogens with zero attached hydrogens (tertiary/aromatic N) is 4. The van der Waals surface area contributed by atoms with E-state index in [2.05, 4.69) is 225 Å². The smallest absolute Gasteiger partial charge is 0.0548 e. The molecule has 0 radical (unpaired) electrons. The second kappa shape index (κ2) is 15.6. The maximum absolute atomic E-state index is 2.50. The number of rotatable bonds is 4. The van der Waals surface area contributed by atoms with Crippen LogP contribution in [-0.4, -0.2) is 18.3 Å². The van der Waals surface area contributed by atoms with Gasteiger partial charge in [-0.3, -0.25) is 0 Å². The van der Waals surface area contributed by atoms with Gasteiger partial charge in [0, 0.05) is 72.3 Å². The van der Waals surface area contributed by atoms with Crippen LogP contribution in [0.25, 0.3) is 110 Å². The quantitative estimate of drug-likeness (QED) is 0.169. The zero-order valence-electron chi connectivity index (χ0n) is 36.1. The van der Waals surface area contributed by atoms with Crippen molar-refractivity contribution in [3.05, 3.63) is 206 Å². The summed E-state index contributed by atoms with van der Waals surface area (Å²) in [5, 5.41) is 10.2. The fourth-order valence-electron chi connectivity index (χ4n) is 10.3. The highest BCUT2D eigenvalue weighted by molar-refractivity contribution is 6.30. The molecular formula is C59H48N4. The lowest BCUT2D eigenvalue weighted by atomic mass is 10.1. The minimum absolute atomic E-state index is 0.767. The summed E-state index contributed by atoms with van der Waals surface area (Å²) >= 11 is 0. The van der Waals surface area contributed by atoms with Gasteiger partial charge in [-0.15, -0.1) is 0 Å². The Bertz CT molecular complexity index is 3790. The summed E-state index contributed by atoms with van der Waals surface area (Å²) in [7, 11) is 0. The molecule has 12 aromatic rings. The van der Waals surface area contributed by atoms with E-state index in [0.717, 1.165) is 6.42 Å². The van der Waals surface area contributed by atoms with Crippen molar-refractivity contribution in [2.75, 3.05) is 0 Å². The van der Waals surface area contributed by atoms with Crippen LogP contribution in [0.4, 0.5) is 0 Å². The summed E-state index contributed by atoms with van der Waals surface area (Å²) in [4.78, 5) is 0. The summed E-state index contributed by atoms with van der Waals surface area (Å²) in [6, 6.07) is 66.3. The van der Waals surface area contributed by atoms with Crippen molar-refractivity contribution < 1.29 is 0 Å². The Hall–Kier alpha value is -7.82. The summed E-state index contributed by atoms with van der Waals surface area (Å²) in [6.07, 6.45) is 10.0. The third-order valence-corrected chi connectivity index (χ3v) is 12.6. The minimum atomic E-state index is 0.767. The van der Waals surface area contributed by atoms with Crippen molar-refractivity contribution in [2.24, 2.45) is 0 Å². The zero-order valence-corrected chi connectivity index (χ0v) is 36.1. The first-order chi connectivity index (χ1) is 31.3. The summed E-state index contributed by atoms with van der Waals surface area (Å²) in [5.74, 6) is 0. The molecule has 1 aliphatic rings. The Morgan fingerprint density at radius 1 is 0.317 bits per heavy atom. The molecule has 4 heteroatoms. The van der Waals surface area contributed by atoms with Crippen molar-refractivity contribution in [2.45, 2.75) is 34.1 Å². The van der Waals surface area contributed by atoms with Gasteiger partial charge in [-0.2, -0.15) is 0 Å². The molecule has 4 heterocycles. The van der Waals surface area contributed by atoms with Crippen LogP contribution in [0.3, 0.4) is 0 Å². The van der Waals surface area contributed by atoms with E-state index in [4.69, 9.17) is 0 Å². The molecular weight excluding hydrogens is 765 g/mol. The highest BCUT2D eigenvalue weighted by Crippen LogP contribution is 2.45. The van der Waals surface area contributed by atoms with Gasteiger partial charge in [-0.05, 0) is 84.9 Å². The first kappa shape index (κ1) is 38.1. The van der Waals surface area contributed by atoms with E-state index in [0.29, 0.717) is 0 Å². The lowest BCUT2D eigenvalue weighted by Gasteiger charge is -2.12. The van der Waals surface area contributed by atoms with Gasteiger partial charge in [0.05, 0.1) is 44.1 Å². The fraction of sp³-hybridized carbons (Fsp3) is 0.0847. The summed E-state index contributed by atoms with van der Waals surface area (Å²) in [6.45, 7) is 8.00. The Morgan fingerprint density at radius 2 is 0.651 bits per heavy atom. The van der Waals surface area contributed by atoms with Crippen LogP contribution in [0.2, 0.25) is 0 Å². The fourth-order valence-corrected chi connectivity index (χ4v) is 10.3. The molecule has 0 bridgehead atoms. The molecule has 13 rings (SSSR count). The predicted octanol–water partition coefficient (Wildman–Crippen LogP) is 16.5. The third-order valence-electron chi connectivity index (χ3n) is 12.6. The standard InChI is InChI=1S/C55H36N4.2C2H6/c1-3-16-36(17-4-1)56-44-26-11-7-22-40(44)52-48(56)32-34-50-54(52)42-24-9-13-28-46(42)58(50)38-20-15-21-39(31-30-38)59-47-29-14-10-25-43(47)55-51(59)35-33-49-53(55)41-23-8-12-27-45(41)57(49)37-18-5-2-6-19-37;2*1-2/h1-30,32-35H,31H2;2*1-2H3. The van der Waals surface area contributed by atoms with Gasteiger partial charge in [0.15, 0.2) is 0 Å². The molecule has 0 fully saturated rings. The Morgan fingerprint density at radius 3 is 1.08 bits per heavy atom.